The van der Waals surface area contributed by atoms with Gasteiger partial charge in [0.2, 0.25) is 0 Å². The van der Waals surface area contributed by atoms with Crippen molar-refractivity contribution in [2.45, 2.75) is 60.8 Å². The highest BCUT2D eigenvalue weighted by Gasteiger charge is 2.26. The van der Waals surface area contributed by atoms with Gasteiger partial charge in [-0.2, -0.15) is 0 Å². The molecule has 1 aliphatic carbocycles. The minimum Gasteiger partial charge on any atom is -0.298 e. The van der Waals surface area contributed by atoms with E-state index in [1.54, 1.807) is 13.0 Å². The van der Waals surface area contributed by atoms with Gasteiger partial charge in [0.05, 0.1) is 0 Å². The van der Waals surface area contributed by atoms with Crippen LogP contribution in [0.25, 0.3) is 0 Å². The van der Waals surface area contributed by atoms with Crippen molar-refractivity contribution in [2.75, 3.05) is 0 Å². The Bertz CT molecular complexity index is 700. The lowest BCUT2D eigenvalue weighted by Gasteiger charge is -2.32. The van der Waals surface area contributed by atoms with Gasteiger partial charge >= 0.3 is 0 Å². The maximum Gasteiger partial charge on any atom is 0.145 e. The van der Waals surface area contributed by atoms with Crippen molar-refractivity contribution in [3.05, 3.63) is 82.5 Å². The van der Waals surface area contributed by atoms with E-state index in [1.807, 2.05) is 18.2 Å². The Balaban J connectivity index is 2.70. The summed E-state index contributed by atoms with van der Waals surface area (Å²) in [5.74, 6) is 0. The van der Waals surface area contributed by atoms with E-state index >= 15 is 0 Å². The molecule has 140 valence electrons. The van der Waals surface area contributed by atoms with Gasteiger partial charge in [0, 0.05) is 0 Å². The molecule has 0 amide bonds. The van der Waals surface area contributed by atoms with E-state index in [4.69, 9.17) is 0 Å². The minimum absolute atomic E-state index is 0.289. The molecule has 0 heterocycles. The summed E-state index contributed by atoms with van der Waals surface area (Å²) in [5.41, 5.74) is 6.46. The van der Waals surface area contributed by atoms with Crippen LogP contribution in [0.4, 0.5) is 0 Å². The third-order valence-corrected chi connectivity index (χ3v) is 4.79. The second kappa shape index (κ2) is 10.8. The molecule has 1 nitrogen and oxygen atoms in total. The molecule has 26 heavy (non-hydrogen) atoms. The lowest BCUT2D eigenvalue weighted by molar-refractivity contribution is -0.104. The fourth-order valence-electron chi connectivity index (χ4n) is 3.14. The first-order valence-electron chi connectivity index (χ1n) is 9.46. The van der Waals surface area contributed by atoms with Crippen LogP contribution in [-0.4, -0.2) is 6.29 Å². The molecule has 0 saturated heterocycles. The molecule has 0 aliphatic heterocycles. The molecule has 0 atom stereocenters. The number of carbonyl (C=O) groups is 1. The predicted octanol–water partition coefficient (Wildman–Crippen LogP) is 7.22. The maximum atomic E-state index is 10.5. The molecule has 0 aromatic rings. The van der Waals surface area contributed by atoms with Gasteiger partial charge in [-0.1, -0.05) is 85.3 Å². The number of aldehydes is 1. The number of hydrogen-bond acceptors (Lipinski definition) is 1. The number of hydrogen-bond donors (Lipinski definition) is 0. The summed E-state index contributed by atoms with van der Waals surface area (Å²) in [7, 11) is 0. The zero-order valence-electron chi connectivity index (χ0n) is 17.3. The van der Waals surface area contributed by atoms with Crippen molar-refractivity contribution in [1.82, 2.24) is 0 Å². The standard InChI is InChI=1S/C25H34O/c1-20(11-7-8-12-22(3)19-26)13-9-14-21(2)16-17-24-23(4)15-10-18-25(24,5)6/h7-9,11-14,16-17,19H,10,15,18H2,1-6H3/b8-7+,13-9+,17-16+,20-11+,21-14+,22-12?. The van der Waals surface area contributed by atoms with E-state index in [1.165, 1.54) is 41.6 Å². The van der Waals surface area contributed by atoms with Crippen molar-refractivity contribution in [2.24, 2.45) is 5.41 Å². The normalized spacial score (nSPS) is 20.0. The monoisotopic (exact) mass is 350 g/mol. The van der Waals surface area contributed by atoms with E-state index in [-0.39, 0.29) is 5.41 Å². The van der Waals surface area contributed by atoms with Crippen LogP contribution >= 0.6 is 0 Å². The molecule has 0 aromatic carbocycles. The maximum absolute atomic E-state index is 10.5. The Morgan fingerprint density at radius 1 is 0.885 bits per heavy atom. The van der Waals surface area contributed by atoms with Crippen molar-refractivity contribution in [3.63, 3.8) is 0 Å². The number of carbonyl (C=O) groups excluding carboxylic acids is 1. The predicted molar refractivity (Wildman–Crippen MR) is 115 cm³/mol. The molecular formula is C25H34O. The second-order valence-electron chi connectivity index (χ2n) is 7.86. The molecule has 1 heteroatoms. The summed E-state index contributed by atoms with van der Waals surface area (Å²) in [4.78, 5) is 10.5. The molecule has 0 bridgehead atoms. The van der Waals surface area contributed by atoms with Crippen molar-refractivity contribution in [3.8, 4) is 0 Å². The highest BCUT2D eigenvalue weighted by Crippen LogP contribution is 2.40. The SMILES string of the molecule is CC(C=O)=C/C=C/C=C(C)/C=C/C=C(C)/C=C/C1=C(C)CCCC1(C)C. The van der Waals surface area contributed by atoms with Crippen LogP contribution in [0.5, 0.6) is 0 Å². The van der Waals surface area contributed by atoms with Crippen LogP contribution in [0.1, 0.15) is 60.8 Å². The van der Waals surface area contributed by atoms with Crippen LogP contribution in [0.2, 0.25) is 0 Å². The van der Waals surface area contributed by atoms with Gasteiger partial charge in [-0.25, -0.2) is 0 Å². The molecule has 1 rings (SSSR count). The summed E-state index contributed by atoms with van der Waals surface area (Å²) in [6, 6.07) is 0. The molecule has 0 saturated carbocycles. The highest BCUT2D eigenvalue weighted by molar-refractivity contribution is 5.72. The van der Waals surface area contributed by atoms with Crippen molar-refractivity contribution < 1.29 is 4.79 Å². The largest absolute Gasteiger partial charge is 0.298 e. The lowest BCUT2D eigenvalue weighted by atomic mass is 9.72. The van der Waals surface area contributed by atoms with E-state index in [9.17, 15) is 4.79 Å². The summed E-state index contributed by atoms with van der Waals surface area (Å²) in [6.07, 6.45) is 23.2. The highest BCUT2D eigenvalue weighted by atomic mass is 16.1. The molecule has 0 unspecified atom stereocenters. The average molecular weight is 351 g/mol. The van der Waals surface area contributed by atoms with Gasteiger partial charge < -0.3 is 0 Å². The number of rotatable bonds is 7. The Hall–Kier alpha value is -2.15. The third kappa shape index (κ3) is 7.82. The average Bonchev–Trinajstić information content (AvgIpc) is 2.57. The summed E-state index contributed by atoms with van der Waals surface area (Å²) in [6.45, 7) is 13.0. The van der Waals surface area contributed by atoms with Gasteiger partial charge in [-0.05, 0) is 63.5 Å². The van der Waals surface area contributed by atoms with E-state index in [0.29, 0.717) is 0 Å². The lowest BCUT2D eigenvalue weighted by Crippen LogP contribution is -2.19. The van der Waals surface area contributed by atoms with Crippen LogP contribution in [0, 0.1) is 5.41 Å². The van der Waals surface area contributed by atoms with Gasteiger partial charge in [-0.3, -0.25) is 4.79 Å². The second-order valence-corrected chi connectivity index (χ2v) is 7.86. The third-order valence-electron chi connectivity index (χ3n) is 4.79. The Kier molecular flexibility index (Phi) is 9.05. The molecule has 0 fully saturated rings. The first-order chi connectivity index (χ1) is 12.3. The quantitative estimate of drug-likeness (QED) is 0.269. The van der Waals surface area contributed by atoms with Crippen LogP contribution in [-0.2, 0) is 4.79 Å². The van der Waals surface area contributed by atoms with Gasteiger partial charge in [0.15, 0.2) is 0 Å². The fourth-order valence-corrected chi connectivity index (χ4v) is 3.14. The van der Waals surface area contributed by atoms with Gasteiger partial charge in [-0.15, -0.1) is 0 Å². The van der Waals surface area contributed by atoms with E-state index < -0.39 is 0 Å². The van der Waals surface area contributed by atoms with E-state index in [0.717, 1.165) is 11.9 Å². The smallest absolute Gasteiger partial charge is 0.145 e. The van der Waals surface area contributed by atoms with Crippen molar-refractivity contribution >= 4 is 6.29 Å². The molecule has 0 N–H and O–H groups in total. The summed E-state index contributed by atoms with van der Waals surface area (Å²) < 4.78 is 0. The van der Waals surface area contributed by atoms with Gasteiger partial charge in [0.1, 0.15) is 6.29 Å². The molecule has 0 radical (unpaired) electrons. The zero-order valence-corrected chi connectivity index (χ0v) is 17.3. The fraction of sp³-hybridized carbons (Fsp3) is 0.400. The molecular weight excluding hydrogens is 316 g/mol. The molecule has 0 aromatic heterocycles. The Morgan fingerprint density at radius 3 is 2.08 bits per heavy atom. The van der Waals surface area contributed by atoms with Crippen LogP contribution in [0.15, 0.2) is 82.5 Å². The van der Waals surface area contributed by atoms with Crippen LogP contribution in [0.3, 0.4) is 0 Å². The molecule has 1 aliphatic rings. The minimum atomic E-state index is 0.289. The number of allylic oxidation sites excluding steroid dienone is 14. The summed E-state index contributed by atoms with van der Waals surface area (Å²) in [5, 5.41) is 0. The summed E-state index contributed by atoms with van der Waals surface area (Å²) >= 11 is 0. The van der Waals surface area contributed by atoms with Gasteiger partial charge in [0.25, 0.3) is 0 Å². The first-order valence-corrected chi connectivity index (χ1v) is 9.46. The Morgan fingerprint density at radius 2 is 1.46 bits per heavy atom. The zero-order chi connectivity index (χ0) is 19.6. The van der Waals surface area contributed by atoms with Crippen molar-refractivity contribution in [1.29, 1.82) is 0 Å². The first kappa shape index (κ1) is 21.9. The molecule has 0 spiro atoms. The van der Waals surface area contributed by atoms with Crippen LogP contribution < -0.4 is 0 Å². The topological polar surface area (TPSA) is 17.1 Å². The Labute approximate surface area is 160 Å². The van der Waals surface area contributed by atoms with E-state index in [2.05, 4.69) is 65.0 Å².